The van der Waals surface area contributed by atoms with Gasteiger partial charge in [-0.25, -0.2) is 13.2 Å². The maximum atomic E-state index is 15.8. The van der Waals surface area contributed by atoms with Gasteiger partial charge in [0.15, 0.2) is 29.8 Å². The highest BCUT2D eigenvalue weighted by Crippen LogP contribution is 2.45. The Morgan fingerprint density at radius 3 is 2.38 bits per heavy atom. The summed E-state index contributed by atoms with van der Waals surface area (Å²) in [6, 6.07) is 27.1. The lowest BCUT2D eigenvalue weighted by molar-refractivity contribution is -0.727. The third kappa shape index (κ3) is 3.64. The number of rotatable bonds is 1. The molecule has 0 bridgehead atoms. The predicted octanol–water partition coefficient (Wildman–Crippen LogP) is 7.74. The molecule has 2 nitrogen and oxygen atoms in total. The van der Waals surface area contributed by atoms with E-state index in [0.717, 1.165) is 33.6 Å². The van der Waals surface area contributed by atoms with Crippen LogP contribution in [0.2, 0.25) is 0 Å². The molecule has 0 saturated carbocycles. The van der Waals surface area contributed by atoms with E-state index < -0.39 is 17.5 Å². The Kier molecular flexibility index (Phi) is 5.70. The standard InChI is InChI=1S/C35H27F3N2/c1-21-20-40-22(2)35-27(25-12-6-7-13-26(25)30-14-8-9-17-39(30)35)16-15-24-18-29(36)33(37)34(38)32(24)31(40)19-28(21)23-10-4-3-5-11-23/h3-14,17-20,27,35H,2,15-16H2,1H3/q+2. The maximum Gasteiger partial charge on any atom is 0.249 e. The molecule has 2 aromatic heterocycles. The number of hydrogen-bond donors (Lipinski definition) is 0. The zero-order chi connectivity index (χ0) is 27.5. The fourth-order valence-electron chi connectivity index (χ4n) is 6.63. The van der Waals surface area contributed by atoms with E-state index >= 15 is 4.39 Å². The molecule has 196 valence electrons. The van der Waals surface area contributed by atoms with E-state index in [1.54, 1.807) is 0 Å². The van der Waals surface area contributed by atoms with Crippen LogP contribution in [0.3, 0.4) is 0 Å². The van der Waals surface area contributed by atoms with Gasteiger partial charge in [-0.15, -0.1) is 0 Å². The van der Waals surface area contributed by atoms with Crippen LogP contribution in [0.15, 0.2) is 104 Å². The van der Waals surface area contributed by atoms with E-state index in [4.69, 9.17) is 0 Å². The molecule has 0 radical (unpaired) electrons. The van der Waals surface area contributed by atoms with Gasteiger partial charge >= 0.3 is 0 Å². The van der Waals surface area contributed by atoms with Gasteiger partial charge in [-0.1, -0.05) is 48.5 Å². The number of benzene rings is 3. The molecule has 40 heavy (non-hydrogen) atoms. The quantitative estimate of drug-likeness (QED) is 0.154. The number of fused-ring (bicyclic) bond motifs is 9. The van der Waals surface area contributed by atoms with Crippen LogP contribution < -0.4 is 9.13 Å². The van der Waals surface area contributed by atoms with Gasteiger partial charge in [0.2, 0.25) is 23.1 Å². The van der Waals surface area contributed by atoms with Crippen molar-refractivity contribution in [2.45, 2.75) is 31.7 Å². The smallest absolute Gasteiger partial charge is 0.204 e. The van der Waals surface area contributed by atoms with Gasteiger partial charge in [-0.3, -0.25) is 0 Å². The van der Waals surface area contributed by atoms with Gasteiger partial charge < -0.3 is 0 Å². The summed E-state index contributed by atoms with van der Waals surface area (Å²) in [5, 5.41) is 0. The molecule has 2 aliphatic rings. The summed E-state index contributed by atoms with van der Waals surface area (Å²) in [6.07, 6.45) is 5.00. The van der Waals surface area contributed by atoms with Crippen LogP contribution in [0.1, 0.15) is 35.1 Å². The predicted molar refractivity (Wildman–Crippen MR) is 150 cm³/mol. The normalized spacial score (nSPS) is 17.4. The Balaban J connectivity index is 1.55. The molecule has 0 N–H and O–H groups in total. The highest BCUT2D eigenvalue weighted by atomic mass is 19.2. The molecule has 0 amide bonds. The summed E-state index contributed by atoms with van der Waals surface area (Å²) in [4.78, 5) is 0. The molecule has 3 aromatic carbocycles. The number of pyridine rings is 2. The van der Waals surface area contributed by atoms with Gasteiger partial charge in [0.25, 0.3) is 0 Å². The average molecular weight is 533 g/mol. The second kappa shape index (κ2) is 9.30. The van der Waals surface area contributed by atoms with Crippen LogP contribution in [-0.4, -0.2) is 0 Å². The summed E-state index contributed by atoms with van der Waals surface area (Å²) >= 11 is 0. The number of hydrogen-bond acceptors (Lipinski definition) is 0. The fourth-order valence-corrected chi connectivity index (χ4v) is 6.63. The molecule has 5 aromatic rings. The van der Waals surface area contributed by atoms with Gasteiger partial charge in [-0.2, -0.15) is 9.13 Å². The lowest BCUT2D eigenvalue weighted by Crippen LogP contribution is -2.53. The second-order valence-corrected chi connectivity index (χ2v) is 10.7. The van der Waals surface area contributed by atoms with E-state index in [-0.39, 0.29) is 17.5 Å². The highest BCUT2D eigenvalue weighted by molar-refractivity contribution is 5.74. The Labute approximate surface area is 231 Å². The zero-order valence-electron chi connectivity index (χ0n) is 22.0. The SMILES string of the molecule is C=C1C2C(CCc3cc(F)c(F)c(F)c3-c3cc(-c4ccccc4)c(C)c[n+]31)c1ccccc1-c1cccc[n+]12. The molecule has 5 heteroatoms. The molecule has 4 heterocycles. The van der Waals surface area contributed by atoms with Crippen molar-refractivity contribution in [2.75, 3.05) is 0 Å². The van der Waals surface area contributed by atoms with E-state index in [1.165, 1.54) is 11.6 Å². The van der Waals surface area contributed by atoms with Gasteiger partial charge in [0, 0.05) is 29.3 Å². The molecule has 2 unspecified atom stereocenters. The molecule has 0 saturated heterocycles. The van der Waals surface area contributed by atoms with Crippen LogP contribution in [-0.2, 0) is 6.42 Å². The van der Waals surface area contributed by atoms with E-state index in [1.807, 2.05) is 78.4 Å². The number of allylic oxidation sites excluding steroid dienone is 1. The van der Waals surface area contributed by atoms with Crippen molar-refractivity contribution in [1.29, 1.82) is 0 Å². The molecule has 7 rings (SSSR count). The summed E-state index contributed by atoms with van der Waals surface area (Å²) in [6.45, 7) is 6.60. The fraction of sp³-hybridized carbons (Fsp3) is 0.143. The van der Waals surface area contributed by atoms with Crippen LogP contribution in [0, 0.1) is 24.4 Å². The van der Waals surface area contributed by atoms with Gasteiger partial charge in [0.05, 0.1) is 11.5 Å². The van der Waals surface area contributed by atoms with Crippen molar-refractivity contribution in [2.24, 2.45) is 0 Å². The monoisotopic (exact) mass is 532 g/mol. The molecular weight excluding hydrogens is 505 g/mol. The minimum atomic E-state index is -1.46. The Hall–Kier alpha value is -4.51. The summed E-state index contributed by atoms with van der Waals surface area (Å²) in [7, 11) is 0. The lowest BCUT2D eigenvalue weighted by atomic mass is 9.78. The second-order valence-electron chi connectivity index (χ2n) is 10.7. The molecular formula is C35H27F3N2+2. The first-order chi connectivity index (χ1) is 19.4. The van der Waals surface area contributed by atoms with Crippen LogP contribution in [0.4, 0.5) is 13.2 Å². The molecule has 0 aliphatic carbocycles. The third-order valence-electron chi connectivity index (χ3n) is 8.46. The first-order valence-corrected chi connectivity index (χ1v) is 13.5. The number of aryl methyl sites for hydroxylation is 2. The molecule has 2 aliphatic heterocycles. The third-order valence-corrected chi connectivity index (χ3v) is 8.46. The van der Waals surface area contributed by atoms with Crippen molar-refractivity contribution < 1.29 is 22.3 Å². The van der Waals surface area contributed by atoms with Crippen LogP contribution in [0.5, 0.6) is 0 Å². The minimum absolute atomic E-state index is 0.0137. The number of aromatic nitrogens is 2. The summed E-state index contributed by atoms with van der Waals surface area (Å²) in [5.41, 5.74) is 7.93. The minimum Gasteiger partial charge on any atom is -0.204 e. The summed E-state index contributed by atoms with van der Waals surface area (Å²) in [5.74, 6) is -3.81. The topological polar surface area (TPSA) is 7.76 Å². The number of halogens is 3. The van der Waals surface area contributed by atoms with Crippen molar-refractivity contribution in [3.63, 3.8) is 0 Å². The van der Waals surface area contributed by atoms with Crippen molar-refractivity contribution in [3.05, 3.63) is 138 Å². The first kappa shape index (κ1) is 24.5. The van der Waals surface area contributed by atoms with E-state index in [9.17, 15) is 8.78 Å². The van der Waals surface area contributed by atoms with Crippen molar-refractivity contribution in [1.82, 2.24) is 0 Å². The largest absolute Gasteiger partial charge is 0.249 e. The maximum absolute atomic E-state index is 15.8. The first-order valence-electron chi connectivity index (χ1n) is 13.5. The van der Waals surface area contributed by atoms with Gasteiger partial charge in [-0.05, 0) is 66.8 Å². The van der Waals surface area contributed by atoms with E-state index in [2.05, 4.69) is 35.5 Å². The molecule has 0 spiro atoms. The number of nitrogens with zero attached hydrogens (tertiary/aromatic N) is 2. The highest BCUT2D eigenvalue weighted by Gasteiger charge is 2.47. The summed E-state index contributed by atoms with van der Waals surface area (Å²) < 4.78 is 49.5. The molecule has 0 fully saturated rings. The Bertz CT molecular complexity index is 1830. The van der Waals surface area contributed by atoms with Crippen molar-refractivity contribution in [3.8, 4) is 33.6 Å². The van der Waals surface area contributed by atoms with Gasteiger partial charge in [0.1, 0.15) is 0 Å². The Morgan fingerprint density at radius 1 is 0.800 bits per heavy atom. The van der Waals surface area contributed by atoms with Crippen molar-refractivity contribution >= 4 is 5.70 Å². The Morgan fingerprint density at radius 2 is 1.55 bits per heavy atom. The lowest BCUT2D eigenvalue weighted by Gasteiger charge is -2.29. The van der Waals surface area contributed by atoms with E-state index in [0.29, 0.717) is 24.1 Å². The zero-order valence-corrected chi connectivity index (χ0v) is 22.0. The van der Waals surface area contributed by atoms with Crippen LogP contribution in [0.25, 0.3) is 39.3 Å². The van der Waals surface area contributed by atoms with Crippen LogP contribution >= 0.6 is 0 Å². The average Bonchev–Trinajstić information content (AvgIpc) is 3.03. The molecule has 2 atom stereocenters.